The third-order valence-corrected chi connectivity index (χ3v) is 3.99. The van der Waals surface area contributed by atoms with Gasteiger partial charge < -0.3 is 16.4 Å². The first kappa shape index (κ1) is 16.7. The molecule has 0 spiro atoms. The highest BCUT2D eigenvalue weighted by Crippen LogP contribution is 2.21. The van der Waals surface area contributed by atoms with Crippen LogP contribution in [0.3, 0.4) is 0 Å². The van der Waals surface area contributed by atoms with E-state index in [-0.39, 0.29) is 24.0 Å². The van der Waals surface area contributed by atoms with Gasteiger partial charge in [0.05, 0.1) is 6.54 Å². The molecule has 0 bridgehead atoms. The molecule has 4 heteroatoms. The molecule has 20 heavy (non-hydrogen) atoms. The van der Waals surface area contributed by atoms with Crippen molar-refractivity contribution >= 4 is 5.91 Å². The second kappa shape index (κ2) is 8.02. The fraction of sp³-hybridized carbons (Fsp3) is 0.562. The quantitative estimate of drug-likeness (QED) is 0.680. The van der Waals surface area contributed by atoms with Crippen molar-refractivity contribution in [2.45, 2.75) is 45.2 Å². The summed E-state index contributed by atoms with van der Waals surface area (Å²) in [5.41, 5.74) is 6.50. The Hall–Kier alpha value is -1.39. The van der Waals surface area contributed by atoms with Gasteiger partial charge in [-0.05, 0) is 25.3 Å². The van der Waals surface area contributed by atoms with Crippen molar-refractivity contribution in [1.29, 1.82) is 0 Å². The van der Waals surface area contributed by atoms with E-state index in [1.165, 1.54) is 5.56 Å². The van der Waals surface area contributed by atoms with Gasteiger partial charge in [-0.2, -0.15) is 0 Å². The minimum Gasteiger partial charge on any atom is -0.353 e. The van der Waals surface area contributed by atoms with Crippen LogP contribution in [0.2, 0.25) is 0 Å². The summed E-state index contributed by atoms with van der Waals surface area (Å²) in [6.45, 7) is 7.08. The molecule has 1 unspecified atom stereocenters. The number of benzene rings is 1. The summed E-state index contributed by atoms with van der Waals surface area (Å²) in [6.07, 6.45) is 1.90. The Balaban J connectivity index is 2.72. The van der Waals surface area contributed by atoms with Crippen LogP contribution in [0.5, 0.6) is 0 Å². The first-order valence-corrected chi connectivity index (χ1v) is 7.36. The number of rotatable bonds is 8. The van der Waals surface area contributed by atoms with Crippen LogP contribution in [-0.4, -0.2) is 24.5 Å². The number of hydrogen-bond donors (Lipinski definition) is 3. The van der Waals surface area contributed by atoms with Gasteiger partial charge in [-0.1, -0.05) is 44.2 Å². The molecule has 4 N–H and O–H groups in total. The molecule has 1 rings (SSSR count). The fourth-order valence-electron chi connectivity index (χ4n) is 2.38. The molecule has 0 saturated heterocycles. The molecule has 0 fully saturated rings. The molecule has 0 aliphatic rings. The number of nitrogens with one attached hydrogen (secondary N) is 2. The average Bonchev–Trinajstić information content (AvgIpc) is 2.51. The van der Waals surface area contributed by atoms with Crippen LogP contribution in [0.15, 0.2) is 30.3 Å². The highest BCUT2D eigenvalue weighted by atomic mass is 16.1. The third-order valence-electron chi connectivity index (χ3n) is 3.99. The van der Waals surface area contributed by atoms with Crippen LogP contribution in [-0.2, 0) is 4.79 Å². The number of amides is 1. The summed E-state index contributed by atoms with van der Waals surface area (Å²) in [5, 5.41) is 6.58. The molecule has 4 nitrogen and oxygen atoms in total. The lowest BCUT2D eigenvalue weighted by Gasteiger charge is -2.36. The monoisotopic (exact) mass is 277 g/mol. The molecule has 1 aromatic rings. The maximum atomic E-state index is 11.4. The molecule has 0 aromatic heterocycles. The zero-order chi connectivity index (χ0) is 15.0. The van der Waals surface area contributed by atoms with Gasteiger partial charge >= 0.3 is 0 Å². The van der Waals surface area contributed by atoms with E-state index in [2.05, 4.69) is 43.5 Å². The largest absolute Gasteiger partial charge is 0.353 e. The second-order valence-electron chi connectivity index (χ2n) is 5.24. The van der Waals surface area contributed by atoms with Gasteiger partial charge in [0.25, 0.3) is 0 Å². The molecule has 0 saturated carbocycles. The highest BCUT2D eigenvalue weighted by molar-refractivity contribution is 5.77. The minimum absolute atomic E-state index is 0.0394. The average molecular weight is 277 g/mol. The van der Waals surface area contributed by atoms with Crippen molar-refractivity contribution in [3.8, 4) is 0 Å². The maximum absolute atomic E-state index is 11.4. The van der Waals surface area contributed by atoms with Gasteiger partial charge in [0, 0.05) is 18.1 Å². The van der Waals surface area contributed by atoms with E-state index < -0.39 is 0 Å². The van der Waals surface area contributed by atoms with E-state index in [4.69, 9.17) is 5.73 Å². The molecule has 1 aromatic carbocycles. The van der Waals surface area contributed by atoms with Crippen LogP contribution in [0, 0.1) is 0 Å². The Morgan fingerprint density at radius 3 is 2.35 bits per heavy atom. The number of hydrogen-bond acceptors (Lipinski definition) is 3. The molecular weight excluding hydrogens is 250 g/mol. The maximum Gasteiger partial charge on any atom is 0.233 e. The first-order valence-electron chi connectivity index (χ1n) is 7.36. The zero-order valence-electron chi connectivity index (χ0n) is 12.8. The molecule has 0 aliphatic heterocycles. The number of carbonyl (C=O) groups is 1. The SMILES string of the molecule is CCC(CC)(CNC(=O)CN)NC(C)c1ccccc1. The minimum atomic E-state index is -0.106. The Morgan fingerprint density at radius 1 is 1.25 bits per heavy atom. The van der Waals surface area contributed by atoms with Gasteiger partial charge in [-0.15, -0.1) is 0 Å². The Morgan fingerprint density at radius 2 is 1.85 bits per heavy atom. The molecule has 1 atom stereocenters. The Kier molecular flexibility index (Phi) is 6.68. The van der Waals surface area contributed by atoms with Gasteiger partial charge in [-0.3, -0.25) is 4.79 Å². The third kappa shape index (κ3) is 4.62. The lowest BCUT2D eigenvalue weighted by Crippen LogP contribution is -2.54. The predicted octanol–water partition coefficient (Wildman–Crippen LogP) is 1.97. The van der Waals surface area contributed by atoms with Crippen LogP contribution in [0.25, 0.3) is 0 Å². The lowest BCUT2D eigenvalue weighted by molar-refractivity contribution is -0.120. The van der Waals surface area contributed by atoms with E-state index in [0.29, 0.717) is 6.54 Å². The van der Waals surface area contributed by atoms with E-state index >= 15 is 0 Å². The standard InChI is InChI=1S/C16H27N3O/c1-4-16(5-2,12-18-15(20)11-17)19-13(3)14-9-7-6-8-10-14/h6-10,13,19H,4-5,11-12,17H2,1-3H3,(H,18,20). The predicted molar refractivity (Wildman–Crippen MR) is 83.4 cm³/mol. The first-order chi connectivity index (χ1) is 9.56. The summed E-state index contributed by atoms with van der Waals surface area (Å²) in [7, 11) is 0. The molecule has 0 heterocycles. The normalized spacial score (nSPS) is 13.0. The van der Waals surface area contributed by atoms with Crippen molar-refractivity contribution in [3.63, 3.8) is 0 Å². The van der Waals surface area contributed by atoms with Crippen molar-refractivity contribution in [1.82, 2.24) is 10.6 Å². The van der Waals surface area contributed by atoms with Crippen LogP contribution in [0.1, 0.15) is 45.2 Å². The summed E-state index contributed by atoms with van der Waals surface area (Å²) in [6, 6.07) is 10.6. The van der Waals surface area contributed by atoms with E-state index in [1.54, 1.807) is 0 Å². The Labute approximate surface area is 122 Å². The summed E-state index contributed by atoms with van der Waals surface area (Å²) < 4.78 is 0. The van der Waals surface area contributed by atoms with E-state index in [1.807, 2.05) is 18.2 Å². The topological polar surface area (TPSA) is 67.2 Å². The van der Waals surface area contributed by atoms with E-state index in [9.17, 15) is 4.79 Å². The summed E-state index contributed by atoms with van der Waals surface area (Å²) >= 11 is 0. The number of nitrogens with two attached hydrogens (primary N) is 1. The van der Waals surface area contributed by atoms with Crippen molar-refractivity contribution < 1.29 is 4.79 Å². The fourth-order valence-corrected chi connectivity index (χ4v) is 2.38. The van der Waals surface area contributed by atoms with E-state index in [0.717, 1.165) is 12.8 Å². The molecule has 0 aliphatic carbocycles. The van der Waals surface area contributed by atoms with Gasteiger partial charge in [0.15, 0.2) is 0 Å². The molecule has 0 radical (unpaired) electrons. The van der Waals surface area contributed by atoms with Gasteiger partial charge in [-0.25, -0.2) is 0 Å². The summed E-state index contributed by atoms with van der Waals surface area (Å²) in [4.78, 5) is 11.4. The lowest BCUT2D eigenvalue weighted by atomic mass is 9.90. The van der Waals surface area contributed by atoms with Crippen molar-refractivity contribution in [3.05, 3.63) is 35.9 Å². The number of carbonyl (C=O) groups excluding carboxylic acids is 1. The van der Waals surface area contributed by atoms with Crippen LogP contribution in [0.4, 0.5) is 0 Å². The van der Waals surface area contributed by atoms with Gasteiger partial charge in [0.1, 0.15) is 0 Å². The molecule has 112 valence electrons. The smallest absolute Gasteiger partial charge is 0.233 e. The van der Waals surface area contributed by atoms with Crippen LogP contribution < -0.4 is 16.4 Å². The molecule has 1 amide bonds. The van der Waals surface area contributed by atoms with Crippen molar-refractivity contribution in [2.24, 2.45) is 5.73 Å². The highest BCUT2D eigenvalue weighted by Gasteiger charge is 2.28. The van der Waals surface area contributed by atoms with Gasteiger partial charge in [0.2, 0.25) is 5.91 Å². The summed E-state index contributed by atoms with van der Waals surface area (Å²) in [5.74, 6) is -0.106. The van der Waals surface area contributed by atoms with Crippen molar-refractivity contribution in [2.75, 3.05) is 13.1 Å². The Bertz CT molecular complexity index is 401. The molecular formula is C16H27N3O. The van der Waals surface area contributed by atoms with Crippen LogP contribution >= 0.6 is 0 Å². The zero-order valence-corrected chi connectivity index (χ0v) is 12.8. The second-order valence-corrected chi connectivity index (χ2v) is 5.24.